The van der Waals surface area contributed by atoms with Crippen molar-refractivity contribution in [3.05, 3.63) is 52.9 Å². The molecule has 1 aromatic heterocycles. The Hall–Kier alpha value is -2.83. The molecule has 2 aromatic rings. The molecule has 0 aliphatic carbocycles. The molecule has 0 atom stereocenters. The van der Waals surface area contributed by atoms with E-state index in [2.05, 4.69) is 15.0 Å². The summed E-state index contributed by atoms with van der Waals surface area (Å²) in [6, 6.07) is 6.38. The number of carbonyl (C=O) groups is 2. The Labute approximate surface area is 120 Å². The SMILES string of the molecule is O=C(O)c1ccc2c(c1)CN(C(=O)NCc1ccon1)C2. The zero-order valence-corrected chi connectivity index (χ0v) is 11.1. The first-order valence-corrected chi connectivity index (χ1v) is 6.40. The third-order valence-electron chi connectivity index (χ3n) is 3.37. The van der Waals surface area contributed by atoms with Crippen molar-refractivity contribution in [2.24, 2.45) is 0 Å². The Morgan fingerprint density at radius 2 is 2.10 bits per heavy atom. The van der Waals surface area contributed by atoms with Gasteiger partial charge in [0, 0.05) is 19.2 Å². The van der Waals surface area contributed by atoms with E-state index in [-0.39, 0.29) is 11.6 Å². The normalized spacial score (nSPS) is 13.0. The predicted molar refractivity (Wildman–Crippen MR) is 71.4 cm³/mol. The monoisotopic (exact) mass is 287 g/mol. The molecule has 108 valence electrons. The molecule has 0 spiro atoms. The Morgan fingerprint density at radius 3 is 2.81 bits per heavy atom. The van der Waals surface area contributed by atoms with Crippen LogP contribution in [0.4, 0.5) is 4.79 Å². The smallest absolute Gasteiger partial charge is 0.335 e. The number of aromatic carboxylic acids is 1. The predicted octanol–water partition coefficient (Wildman–Crippen LogP) is 1.60. The Kier molecular flexibility index (Phi) is 3.31. The average Bonchev–Trinajstić information content (AvgIpc) is 3.12. The number of amides is 2. The van der Waals surface area contributed by atoms with Gasteiger partial charge in [-0.3, -0.25) is 0 Å². The molecular weight excluding hydrogens is 274 g/mol. The van der Waals surface area contributed by atoms with Gasteiger partial charge >= 0.3 is 12.0 Å². The second kappa shape index (κ2) is 5.28. The highest BCUT2D eigenvalue weighted by atomic mass is 16.5. The number of aromatic nitrogens is 1. The quantitative estimate of drug-likeness (QED) is 0.894. The third kappa shape index (κ3) is 2.71. The lowest BCUT2D eigenvalue weighted by Crippen LogP contribution is -2.36. The number of carboxylic acids is 1. The zero-order chi connectivity index (χ0) is 14.8. The summed E-state index contributed by atoms with van der Waals surface area (Å²) in [4.78, 5) is 24.6. The summed E-state index contributed by atoms with van der Waals surface area (Å²) in [7, 11) is 0. The van der Waals surface area contributed by atoms with Gasteiger partial charge in [0.05, 0.1) is 12.1 Å². The van der Waals surface area contributed by atoms with Gasteiger partial charge in [-0.05, 0) is 23.3 Å². The van der Waals surface area contributed by atoms with Gasteiger partial charge in [0.15, 0.2) is 0 Å². The molecule has 3 rings (SSSR count). The molecule has 2 amide bonds. The van der Waals surface area contributed by atoms with Crippen molar-refractivity contribution in [2.45, 2.75) is 19.6 Å². The van der Waals surface area contributed by atoms with Crippen molar-refractivity contribution in [1.29, 1.82) is 0 Å². The molecule has 2 heterocycles. The number of benzene rings is 1. The summed E-state index contributed by atoms with van der Waals surface area (Å²) >= 11 is 0. The minimum Gasteiger partial charge on any atom is -0.478 e. The van der Waals surface area contributed by atoms with Crippen LogP contribution >= 0.6 is 0 Å². The number of nitrogens with zero attached hydrogens (tertiary/aromatic N) is 2. The Bertz CT molecular complexity index is 682. The highest BCUT2D eigenvalue weighted by Gasteiger charge is 2.24. The summed E-state index contributed by atoms with van der Waals surface area (Å²) < 4.78 is 4.69. The van der Waals surface area contributed by atoms with Crippen molar-refractivity contribution in [2.75, 3.05) is 0 Å². The van der Waals surface area contributed by atoms with E-state index in [4.69, 9.17) is 5.11 Å². The topological polar surface area (TPSA) is 95.7 Å². The number of hydrogen-bond acceptors (Lipinski definition) is 4. The lowest BCUT2D eigenvalue weighted by molar-refractivity contribution is 0.0696. The number of hydrogen-bond donors (Lipinski definition) is 2. The molecule has 0 saturated heterocycles. The number of carboxylic acid groups (broad SMARTS) is 1. The molecule has 1 aliphatic heterocycles. The van der Waals surface area contributed by atoms with Crippen molar-refractivity contribution in [1.82, 2.24) is 15.4 Å². The molecule has 7 heteroatoms. The molecule has 0 bridgehead atoms. The number of carbonyl (C=O) groups excluding carboxylic acids is 1. The molecule has 0 saturated carbocycles. The van der Waals surface area contributed by atoms with Crippen LogP contribution in [0.15, 0.2) is 35.1 Å². The summed E-state index contributed by atoms with van der Waals surface area (Å²) in [6.45, 7) is 1.17. The maximum Gasteiger partial charge on any atom is 0.335 e. The third-order valence-corrected chi connectivity index (χ3v) is 3.37. The van der Waals surface area contributed by atoms with Gasteiger partial charge in [-0.1, -0.05) is 11.2 Å². The molecule has 7 nitrogen and oxygen atoms in total. The largest absolute Gasteiger partial charge is 0.478 e. The first kappa shape index (κ1) is 13.2. The molecule has 21 heavy (non-hydrogen) atoms. The standard InChI is InChI=1S/C14H13N3O4/c18-13(19)9-1-2-10-7-17(8-11(10)5-9)14(20)15-6-12-3-4-21-16-12/h1-5H,6-8H2,(H,15,20)(H,18,19). The van der Waals surface area contributed by atoms with E-state index in [0.717, 1.165) is 11.1 Å². The highest BCUT2D eigenvalue weighted by molar-refractivity contribution is 5.88. The maximum absolute atomic E-state index is 12.1. The summed E-state index contributed by atoms with van der Waals surface area (Å²) in [5.74, 6) is -0.966. The van der Waals surface area contributed by atoms with Crippen LogP contribution in [0.2, 0.25) is 0 Å². The van der Waals surface area contributed by atoms with Gasteiger partial charge in [-0.15, -0.1) is 0 Å². The number of urea groups is 1. The minimum atomic E-state index is -0.966. The van der Waals surface area contributed by atoms with E-state index in [1.165, 1.54) is 6.26 Å². The van der Waals surface area contributed by atoms with Crippen molar-refractivity contribution in [3.63, 3.8) is 0 Å². The van der Waals surface area contributed by atoms with Crippen molar-refractivity contribution in [3.8, 4) is 0 Å². The molecule has 0 unspecified atom stereocenters. The van der Waals surface area contributed by atoms with Gasteiger partial charge in [-0.25, -0.2) is 9.59 Å². The molecule has 0 fully saturated rings. The Morgan fingerprint density at radius 1 is 1.29 bits per heavy atom. The molecule has 0 radical (unpaired) electrons. The van der Waals surface area contributed by atoms with Gasteiger partial charge in [0.1, 0.15) is 12.0 Å². The minimum absolute atomic E-state index is 0.217. The first-order chi connectivity index (χ1) is 10.1. The van der Waals surface area contributed by atoms with Gasteiger partial charge in [0.2, 0.25) is 0 Å². The maximum atomic E-state index is 12.1. The van der Waals surface area contributed by atoms with E-state index in [1.807, 2.05) is 0 Å². The number of rotatable bonds is 3. The van der Waals surface area contributed by atoms with Crippen molar-refractivity contribution < 1.29 is 19.2 Å². The second-order valence-electron chi connectivity index (χ2n) is 4.79. The van der Waals surface area contributed by atoms with Crippen LogP contribution in [0.3, 0.4) is 0 Å². The van der Waals surface area contributed by atoms with Crippen LogP contribution in [-0.2, 0) is 19.6 Å². The molecular formula is C14H13N3O4. The van der Waals surface area contributed by atoms with Gasteiger partial charge < -0.3 is 19.8 Å². The number of fused-ring (bicyclic) bond motifs is 1. The fourth-order valence-electron chi connectivity index (χ4n) is 2.28. The number of nitrogens with one attached hydrogen (secondary N) is 1. The van der Waals surface area contributed by atoms with Crippen LogP contribution in [-0.4, -0.2) is 27.2 Å². The lowest BCUT2D eigenvalue weighted by Gasteiger charge is -2.15. The van der Waals surface area contributed by atoms with Crippen LogP contribution in [0, 0.1) is 0 Å². The van der Waals surface area contributed by atoms with E-state index >= 15 is 0 Å². The average molecular weight is 287 g/mol. The first-order valence-electron chi connectivity index (χ1n) is 6.40. The summed E-state index contributed by atoms with van der Waals surface area (Å²) in [5, 5.41) is 15.4. The van der Waals surface area contributed by atoms with Crippen LogP contribution in [0.5, 0.6) is 0 Å². The van der Waals surface area contributed by atoms with Gasteiger partial charge in [-0.2, -0.15) is 0 Å². The lowest BCUT2D eigenvalue weighted by atomic mass is 10.1. The van der Waals surface area contributed by atoms with Crippen LogP contribution in [0.25, 0.3) is 0 Å². The van der Waals surface area contributed by atoms with Gasteiger partial charge in [0.25, 0.3) is 0 Å². The Balaban J connectivity index is 1.64. The molecule has 2 N–H and O–H groups in total. The second-order valence-corrected chi connectivity index (χ2v) is 4.79. The highest BCUT2D eigenvalue weighted by Crippen LogP contribution is 2.23. The van der Waals surface area contributed by atoms with E-state index in [0.29, 0.717) is 25.3 Å². The molecule has 1 aliphatic rings. The summed E-state index contributed by atoms with van der Waals surface area (Å²) in [5.41, 5.74) is 2.72. The van der Waals surface area contributed by atoms with E-state index in [9.17, 15) is 9.59 Å². The summed E-state index contributed by atoms with van der Waals surface area (Å²) in [6.07, 6.45) is 1.45. The van der Waals surface area contributed by atoms with Crippen LogP contribution < -0.4 is 5.32 Å². The van der Waals surface area contributed by atoms with Crippen LogP contribution in [0.1, 0.15) is 27.2 Å². The molecule has 1 aromatic carbocycles. The fraction of sp³-hybridized carbons (Fsp3) is 0.214. The fourth-order valence-corrected chi connectivity index (χ4v) is 2.28. The van der Waals surface area contributed by atoms with Crippen molar-refractivity contribution >= 4 is 12.0 Å². The zero-order valence-electron chi connectivity index (χ0n) is 11.1. The van der Waals surface area contributed by atoms with E-state index < -0.39 is 5.97 Å². The van der Waals surface area contributed by atoms with E-state index in [1.54, 1.807) is 29.2 Å².